The van der Waals surface area contributed by atoms with E-state index in [1.165, 1.54) is 50.5 Å². The zero-order chi connectivity index (χ0) is 26.0. The normalized spacial score (nSPS) is 43.9. The van der Waals surface area contributed by atoms with Crippen molar-refractivity contribution in [3.05, 3.63) is 24.3 Å². The standard InChI is InChI=1S/C32H50O3/c1-20(2)25(34)12-10-21(3)23-14-18-31(8)24(23)11-13-27-30(7)17-16-28(35-22(4)33)29(5,6)26(30)15-19-32(27,31)9/h23-24,26-28H,1,3,10-19H2,2,4-9H3/t23-,24+,26?,27-,28+,30+,31+,32-/m1/s1. The Morgan fingerprint density at radius 3 is 2.09 bits per heavy atom. The number of Topliss-reactive ketones (excluding diaryl/α,β-unsaturated/α-hetero) is 1. The Labute approximate surface area is 214 Å². The highest BCUT2D eigenvalue weighted by molar-refractivity contribution is 5.94. The molecule has 0 aromatic heterocycles. The molecule has 1 unspecified atom stereocenters. The van der Waals surface area contributed by atoms with Crippen molar-refractivity contribution in [2.45, 2.75) is 119 Å². The minimum Gasteiger partial charge on any atom is -0.462 e. The maximum absolute atomic E-state index is 12.2. The van der Waals surface area contributed by atoms with E-state index < -0.39 is 0 Å². The van der Waals surface area contributed by atoms with Gasteiger partial charge in [-0.15, -0.1) is 0 Å². The summed E-state index contributed by atoms with van der Waals surface area (Å²) in [4.78, 5) is 24.0. The van der Waals surface area contributed by atoms with E-state index >= 15 is 0 Å². The topological polar surface area (TPSA) is 43.4 Å². The van der Waals surface area contributed by atoms with Gasteiger partial charge in [0.05, 0.1) is 0 Å². The van der Waals surface area contributed by atoms with Crippen molar-refractivity contribution in [3.63, 3.8) is 0 Å². The Morgan fingerprint density at radius 1 is 0.800 bits per heavy atom. The van der Waals surface area contributed by atoms with Crippen LogP contribution in [0.3, 0.4) is 0 Å². The summed E-state index contributed by atoms with van der Waals surface area (Å²) in [5.74, 6) is 2.58. The Kier molecular flexibility index (Phi) is 6.76. The van der Waals surface area contributed by atoms with Crippen LogP contribution < -0.4 is 0 Å². The maximum atomic E-state index is 12.2. The van der Waals surface area contributed by atoms with Gasteiger partial charge in [-0.2, -0.15) is 0 Å². The highest BCUT2D eigenvalue weighted by Gasteiger charge is 2.68. The number of rotatable bonds is 6. The molecule has 0 aromatic rings. The summed E-state index contributed by atoms with van der Waals surface area (Å²) in [7, 11) is 0. The zero-order valence-electron chi connectivity index (χ0n) is 23.6. The number of fused-ring (bicyclic) bond motifs is 5. The second-order valence-electron chi connectivity index (χ2n) is 14.1. The SMILES string of the molecule is C=C(C)C(=O)CCC(=C)[C@H]1CC[C@@]2(C)[C@H]1CC[C@@H]1[C@@]3(C)CC[C@H](OC(C)=O)C(C)(C)C3CC[C@]12C. The van der Waals surface area contributed by atoms with E-state index in [-0.39, 0.29) is 23.3 Å². The third-order valence-corrected chi connectivity index (χ3v) is 12.3. The van der Waals surface area contributed by atoms with Crippen LogP contribution in [0.4, 0.5) is 0 Å². The second-order valence-corrected chi connectivity index (χ2v) is 14.1. The Bertz CT molecular complexity index is 914. The van der Waals surface area contributed by atoms with Crippen LogP contribution >= 0.6 is 0 Å². The molecular formula is C32H50O3. The van der Waals surface area contributed by atoms with Crippen molar-refractivity contribution in [1.82, 2.24) is 0 Å². The number of ketones is 1. The molecule has 196 valence electrons. The van der Waals surface area contributed by atoms with E-state index in [0.29, 0.717) is 51.9 Å². The fraction of sp³-hybridized carbons (Fsp3) is 0.812. The monoisotopic (exact) mass is 482 g/mol. The predicted molar refractivity (Wildman–Crippen MR) is 143 cm³/mol. The van der Waals surface area contributed by atoms with E-state index in [9.17, 15) is 9.59 Å². The van der Waals surface area contributed by atoms with Gasteiger partial charge in [0.1, 0.15) is 6.10 Å². The van der Waals surface area contributed by atoms with Gasteiger partial charge in [-0.1, -0.05) is 53.3 Å². The molecule has 35 heavy (non-hydrogen) atoms. The Hall–Kier alpha value is -1.38. The van der Waals surface area contributed by atoms with Crippen molar-refractivity contribution in [2.24, 2.45) is 45.3 Å². The van der Waals surface area contributed by atoms with Crippen molar-refractivity contribution >= 4 is 11.8 Å². The van der Waals surface area contributed by atoms with E-state index in [1.54, 1.807) is 6.92 Å². The average molecular weight is 483 g/mol. The average Bonchev–Trinajstić information content (AvgIpc) is 3.12. The van der Waals surface area contributed by atoms with Crippen LogP contribution in [0.25, 0.3) is 0 Å². The van der Waals surface area contributed by atoms with E-state index in [4.69, 9.17) is 4.74 Å². The lowest BCUT2D eigenvalue weighted by atomic mass is 9.35. The zero-order valence-corrected chi connectivity index (χ0v) is 23.6. The molecule has 4 saturated carbocycles. The van der Waals surface area contributed by atoms with E-state index in [1.807, 2.05) is 6.92 Å². The fourth-order valence-electron chi connectivity index (χ4n) is 10.3. The molecule has 3 nitrogen and oxygen atoms in total. The van der Waals surface area contributed by atoms with Gasteiger partial charge < -0.3 is 4.74 Å². The molecule has 3 heteroatoms. The third-order valence-electron chi connectivity index (χ3n) is 12.3. The highest BCUT2D eigenvalue weighted by Crippen LogP contribution is 2.75. The lowest BCUT2D eigenvalue weighted by Gasteiger charge is -2.70. The summed E-state index contributed by atoms with van der Waals surface area (Å²) in [5, 5.41) is 0. The number of carbonyl (C=O) groups is 2. The lowest BCUT2D eigenvalue weighted by molar-refractivity contribution is -0.226. The molecule has 0 aliphatic heterocycles. The summed E-state index contributed by atoms with van der Waals surface area (Å²) in [5.41, 5.74) is 2.93. The largest absolute Gasteiger partial charge is 0.462 e. The molecule has 0 bridgehead atoms. The summed E-state index contributed by atoms with van der Waals surface area (Å²) in [6, 6.07) is 0. The predicted octanol–water partition coefficient (Wildman–Crippen LogP) is 8.08. The van der Waals surface area contributed by atoms with E-state index in [2.05, 4.69) is 47.8 Å². The summed E-state index contributed by atoms with van der Waals surface area (Å²) in [6.45, 7) is 24.3. The van der Waals surface area contributed by atoms with Crippen molar-refractivity contribution in [3.8, 4) is 0 Å². The molecule has 8 atom stereocenters. The molecule has 4 rings (SSSR count). The van der Waals surface area contributed by atoms with Crippen LogP contribution in [0.2, 0.25) is 0 Å². The van der Waals surface area contributed by atoms with Gasteiger partial charge >= 0.3 is 5.97 Å². The number of allylic oxidation sites excluding steroid dienone is 2. The number of hydrogen-bond acceptors (Lipinski definition) is 3. The van der Waals surface area contributed by atoms with Gasteiger partial charge in [0.2, 0.25) is 0 Å². The second kappa shape index (κ2) is 8.88. The highest BCUT2D eigenvalue weighted by atomic mass is 16.5. The first-order valence-electron chi connectivity index (χ1n) is 14.2. The number of hydrogen-bond donors (Lipinski definition) is 0. The van der Waals surface area contributed by atoms with Gasteiger partial charge in [0.15, 0.2) is 5.78 Å². The first-order chi connectivity index (χ1) is 16.2. The molecule has 0 amide bonds. The van der Waals surface area contributed by atoms with Gasteiger partial charge in [-0.05, 0) is 110 Å². The molecule has 0 radical (unpaired) electrons. The third kappa shape index (κ3) is 3.98. The van der Waals surface area contributed by atoms with Crippen LogP contribution in [-0.4, -0.2) is 17.9 Å². The summed E-state index contributed by atoms with van der Waals surface area (Å²) in [6.07, 6.45) is 11.2. The smallest absolute Gasteiger partial charge is 0.302 e. The molecule has 0 spiro atoms. The summed E-state index contributed by atoms with van der Waals surface area (Å²) < 4.78 is 5.87. The molecule has 4 aliphatic rings. The van der Waals surface area contributed by atoms with Gasteiger partial charge in [-0.25, -0.2) is 0 Å². The molecule has 0 N–H and O–H groups in total. The summed E-state index contributed by atoms with van der Waals surface area (Å²) >= 11 is 0. The number of ether oxygens (including phenoxy) is 1. The maximum Gasteiger partial charge on any atom is 0.302 e. The van der Waals surface area contributed by atoms with Gasteiger partial charge in [-0.3, -0.25) is 9.59 Å². The number of esters is 1. The van der Waals surface area contributed by atoms with Crippen molar-refractivity contribution < 1.29 is 14.3 Å². The molecular weight excluding hydrogens is 432 g/mol. The first kappa shape index (κ1) is 26.7. The lowest BCUT2D eigenvalue weighted by Crippen LogP contribution is -2.64. The Morgan fingerprint density at radius 2 is 1.46 bits per heavy atom. The quantitative estimate of drug-likeness (QED) is 0.218. The van der Waals surface area contributed by atoms with Crippen LogP contribution in [-0.2, 0) is 14.3 Å². The number of carbonyl (C=O) groups excluding carboxylic acids is 2. The molecule has 0 saturated heterocycles. The van der Waals surface area contributed by atoms with Crippen molar-refractivity contribution in [2.75, 3.05) is 0 Å². The molecule has 4 fully saturated rings. The Balaban J connectivity index is 1.56. The van der Waals surface area contributed by atoms with E-state index in [0.717, 1.165) is 12.8 Å². The van der Waals surface area contributed by atoms with Crippen LogP contribution in [0.1, 0.15) is 113 Å². The minimum absolute atomic E-state index is 0.0140. The molecule has 4 aliphatic carbocycles. The van der Waals surface area contributed by atoms with Crippen LogP contribution in [0.15, 0.2) is 24.3 Å². The molecule has 0 heterocycles. The first-order valence-corrected chi connectivity index (χ1v) is 14.2. The van der Waals surface area contributed by atoms with Gasteiger partial charge in [0.25, 0.3) is 0 Å². The van der Waals surface area contributed by atoms with Crippen molar-refractivity contribution in [1.29, 1.82) is 0 Å². The molecule has 0 aromatic carbocycles. The fourth-order valence-corrected chi connectivity index (χ4v) is 10.3. The minimum atomic E-state index is -0.137. The van der Waals surface area contributed by atoms with Gasteiger partial charge in [0, 0.05) is 18.8 Å². The van der Waals surface area contributed by atoms with Crippen LogP contribution in [0.5, 0.6) is 0 Å². The van der Waals surface area contributed by atoms with Crippen LogP contribution in [0, 0.1) is 45.3 Å².